The van der Waals surface area contributed by atoms with Gasteiger partial charge in [0.2, 0.25) is 0 Å². The Morgan fingerprint density at radius 2 is 1.40 bits per heavy atom. The van der Waals surface area contributed by atoms with Crippen LogP contribution in [0.1, 0.15) is 27.7 Å². The van der Waals surface area contributed by atoms with Gasteiger partial charge in [-0.25, -0.2) is 0 Å². The number of hydrogen-bond donors (Lipinski definition) is 0. The second kappa shape index (κ2) is 2.77. The molecule has 1 saturated heterocycles. The molecule has 0 aromatic heterocycles. The van der Waals surface area contributed by atoms with Crippen LogP contribution in [-0.2, 0) is 0 Å². The molecule has 10 heavy (non-hydrogen) atoms. The molecule has 0 aliphatic carbocycles. The first-order chi connectivity index (χ1) is 4.59. The van der Waals surface area contributed by atoms with Crippen LogP contribution in [0.25, 0.3) is 0 Å². The van der Waals surface area contributed by atoms with Gasteiger partial charge in [-0.2, -0.15) is 11.8 Å². The van der Waals surface area contributed by atoms with Crippen LogP contribution >= 0.6 is 11.8 Å². The first-order valence-electron chi connectivity index (χ1n) is 4.17. The van der Waals surface area contributed by atoms with Gasteiger partial charge < -0.3 is 0 Å². The van der Waals surface area contributed by atoms with E-state index in [0.717, 1.165) is 11.8 Å². The Balaban J connectivity index is 2.59. The molecule has 0 atom stereocenters. The maximum atomic E-state index is 2.36. The average Bonchev–Trinajstić information content (AvgIpc) is 1.57. The molecule has 1 fully saturated rings. The summed E-state index contributed by atoms with van der Waals surface area (Å²) in [6, 6.07) is 0. The molecule has 1 heteroatoms. The highest BCUT2D eigenvalue weighted by Crippen LogP contribution is 2.49. The van der Waals surface area contributed by atoms with Crippen LogP contribution in [0, 0.1) is 17.3 Å². The molecule has 0 aromatic carbocycles. The standard InChI is InChI=1S/C9H18S/c1-7(2)9(8(3)4)5-10-6-9/h7-8H,5-6H2,1-4H3. The van der Waals surface area contributed by atoms with Gasteiger partial charge >= 0.3 is 0 Å². The summed E-state index contributed by atoms with van der Waals surface area (Å²) in [5.41, 5.74) is 0.685. The molecule has 60 valence electrons. The summed E-state index contributed by atoms with van der Waals surface area (Å²) in [4.78, 5) is 0. The predicted molar refractivity (Wildman–Crippen MR) is 49.4 cm³/mol. The fraction of sp³-hybridized carbons (Fsp3) is 1.00. The third-order valence-electron chi connectivity index (χ3n) is 3.04. The highest BCUT2D eigenvalue weighted by molar-refractivity contribution is 8.00. The normalized spacial score (nSPS) is 23.4. The predicted octanol–water partition coefficient (Wildman–Crippen LogP) is 3.03. The summed E-state index contributed by atoms with van der Waals surface area (Å²) >= 11 is 2.10. The third-order valence-corrected chi connectivity index (χ3v) is 4.52. The van der Waals surface area contributed by atoms with E-state index in [2.05, 4.69) is 39.5 Å². The van der Waals surface area contributed by atoms with Gasteiger partial charge in [0, 0.05) is 11.5 Å². The zero-order valence-electron chi connectivity index (χ0n) is 7.48. The minimum Gasteiger partial charge on any atom is -0.161 e. The van der Waals surface area contributed by atoms with E-state index in [4.69, 9.17) is 0 Å². The number of rotatable bonds is 2. The average molecular weight is 158 g/mol. The molecule has 0 unspecified atom stereocenters. The van der Waals surface area contributed by atoms with E-state index in [1.807, 2.05) is 0 Å². The van der Waals surface area contributed by atoms with Crippen LogP contribution in [-0.4, -0.2) is 11.5 Å². The zero-order chi connectivity index (χ0) is 7.78. The molecule has 0 nitrogen and oxygen atoms in total. The maximum absolute atomic E-state index is 2.36. The molecule has 1 heterocycles. The Morgan fingerprint density at radius 3 is 1.40 bits per heavy atom. The summed E-state index contributed by atoms with van der Waals surface area (Å²) in [6.45, 7) is 9.44. The van der Waals surface area contributed by atoms with Crippen molar-refractivity contribution in [2.24, 2.45) is 17.3 Å². The van der Waals surface area contributed by atoms with E-state index in [0.29, 0.717) is 5.41 Å². The Morgan fingerprint density at radius 1 is 1.00 bits per heavy atom. The molecular weight excluding hydrogens is 140 g/mol. The van der Waals surface area contributed by atoms with Crippen molar-refractivity contribution in [3.63, 3.8) is 0 Å². The minimum absolute atomic E-state index is 0.685. The fourth-order valence-corrected chi connectivity index (χ4v) is 3.68. The van der Waals surface area contributed by atoms with Crippen LogP contribution in [0.2, 0.25) is 0 Å². The maximum Gasteiger partial charge on any atom is 0.000223 e. The molecule has 0 saturated carbocycles. The van der Waals surface area contributed by atoms with Gasteiger partial charge in [-0.05, 0) is 17.3 Å². The van der Waals surface area contributed by atoms with Gasteiger partial charge in [0.25, 0.3) is 0 Å². The summed E-state index contributed by atoms with van der Waals surface area (Å²) in [5.74, 6) is 4.52. The summed E-state index contributed by atoms with van der Waals surface area (Å²) in [5, 5.41) is 0. The molecule has 0 N–H and O–H groups in total. The molecule has 0 aromatic rings. The van der Waals surface area contributed by atoms with Gasteiger partial charge in [0.1, 0.15) is 0 Å². The van der Waals surface area contributed by atoms with E-state index in [-0.39, 0.29) is 0 Å². The zero-order valence-corrected chi connectivity index (χ0v) is 8.29. The fourth-order valence-electron chi connectivity index (χ4n) is 1.67. The van der Waals surface area contributed by atoms with Gasteiger partial charge in [0.15, 0.2) is 0 Å². The second-order valence-electron chi connectivity index (χ2n) is 4.04. The van der Waals surface area contributed by atoms with E-state index in [1.165, 1.54) is 11.5 Å². The van der Waals surface area contributed by atoms with Crippen LogP contribution in [0.5, 0.6) is 0 Å². The van der Waals surface area contributed by atoms with E-state index in [1.54, 1.807) is 0 Å². The number of hydrogen-bond acceptors (Lipinski definition) is 1. The molecule has 1 rings (SSSR count). The van der Waals surface area contributed by atoms with Crippen molar-refractivity contribution in [3.05, 3.63) is 0 Å². The molecule has 1 aliphatic rings. The van der Waals surface area contributed by atoms with Gasteiger partial charge in [-0.1, -0.05) is 27.7 Å². The van der Waals surface area contributed by atoms with Crippen LogP contribution in [0.4, 0.5) is 0 Å². The first kappa shape index (κ1) is 8.45. The van der Waals surface area contributed by atoms with E-state index in [9.17, 15) is 0 Å². The number of thioether (sulfide) groups is 1. The van der Waals surface area contributed by atoms with E-state index >= 15 is 0 Å². The van der Waals surface area contributed by atoms with Crippen molar-refractivity contribution >= 4 is 11.8 Å². The molecular formula is C9H18S. The Kier molecular flexibility index (Phi) is 2.34. The summed E-state index contributed by atoms with van der Waals surface area (Å²) in [6.07, 6.45) is 0. The quantitative estimate of drug-likeness (QED) is 0.595. The van der Waals surface area contributed by atoms with Gasteiger partial charge in [-0.15, -0.1) is 0 Å². The lowest BCUT2D eigenvalue weighted by molar-refractivity contribution is 0.163. The van der Waals surface area contributed by atoms with Crippen LogP contribution in [0.3, 0.4) is 0 Å². The van der Waals surface area contributed by atoms with Crippen molar-refractivity contribution in [1.29, 1.82) is 0 Å². The Labute approximate surface area is 68.8 Å². The van der Waals surface area contributed by atoms with Gasteiger partial charge in [0.05, 0.1) is 0 Å². The van der Waals surface area contributed by atoms with Crippen molar-refractivity contribution in [3.8, 4) is 0 Å². The van der Waals surface area contributed by atoms with Gasteiger partial charge in [-0.3, -0.25) is 0 Å². The smallest absolute Gasteiger partial charge is 0.000223 e. The highest BCUT2D eigenvalue weighted by Gasteiger charge is 2.42. The first-order valence-corrected chi connectivity index (χ1v) is 5.33. The minimum atomic E-state index is 0.685. The third kappa shape index (κ3) is 1.09. The van der Waals surface area contributed by atoms with E-state index < -0.39 is 0 Å². The Bertz CT molecular complexity index is 102. The summed E-state index contributed by atoms with van der Waals surface area (Å²) < 4.78 is 0. The molecule has 0 spiro atoms. The highest BCUT2D eigenvalue weighted by atomic mass is 32.2. The lowest BCUT2D eigenvalue weighted by atomic mass is 9.71. The second-order valence-corrected chi connectivity index (χ2v) is 5.02. The monoisotopic (exact) mass is 158 g/mol. The summed E-state index contributed by atoms with van der Waals surface area (Å²) in [7, 11) is 0. The topological polar surface area (TPSA) is 0 Å². The van der Waals surface area contributed by atoms with Crippen molar-refractivity contribution in [2.45, 2.75) is 27.7 Å². The molecule has 0 radical (unpaired) electrons. The van der Waals surface area contributed by atoms with Crippen molar-refractivity contribution in [2.75, 3.05) is 11.5 Å². The molecule has 1 aliphatic heterocycles. The van der Waals surface area contributed by atoms with Crippen molar-refractivity contribution in [1.82, 2.24) is 0 Å². The Hall–Kier alpha value is 0.350. The lowest BCUT2D eigenvalue weighted by Gasteiger charge is -2.48. The molecule has 0 amide bonds. The molecule has 0 bridgehead atoms. The van der Waals surface area contributed by atoms with Crippen LogP contribution < -0.4 is 0 Å². The largest absolute Gasteiger partial charge is 0.161 e. The van der Waals surface area contributed by atoms with Crippen LogP contribution in [0.15, 0.2) is 0 Å². The van der Waals surface area contributed by atoms with Crippen molar-refractivity contribution < 1.29 is 0 Å². The SMILES string of the molecule is CC(C)C1(C(C)C)CSC1. The lowest BCUT2D eigenvalue weighted by Crippen LogP contribution is -2.45.